The normalized spacial score (nSPS) is 11.0. The second kappa shape index (κ2) is 5.70. The average Bonchev–Trinajstić information content (AvgIpc) is 2.61. The lowest BCUT2D eigenvalue weighted by molar-refractivity contribution is 0.0659. The summed E-state index contributed by atoms with van der Waals surface area (Å²) >= 11 is 0. The average molecular weight is 225 g/mol. The highest BCUT2D eigenvalue weighted by Gasteiger charge is 2.14. The van der Waals surface area contributed by atoms with Crippen molar-refractivity contribution >= 4 is 5.97 Å². The first-order chi connectivity index (χ1) is 7.58. The van der Waals surface area contributed by atoms with Gasteiger partial charge in [-0.25, -0.2) is 4.79 Å². The molecule has 16 heavy (non-hydrogen) atoms. The highest BCUT2D eigenvalue weighted by molar-refractivity contribution is 5.86. The molecule has 0 amide bonds. The number of furan rings is 1. The number of aryl methyl sites for hydroxylation is 1. The lowest BCUT2D eigenvalue weighted by Crippen LogP contribution is -2.26. The Bertz CT molecular complexity index is 353. The standard InChI is InChI=1S/C12H19NO3/c1-4-9(5-2)13-7-10-6-8(3)11(16-10)12(14)15/h6,9,13H,4-5,7H2,1-3H3,(H,14,15). The first-order valence-corrected chi connectivity index (χ1v) is 5.64. The molecule has 0 atom stereocenters. The van der Waals surface area contributed by atoms with Gasteiger partial charge in [0.2, 0.25) is 5.76 Å². The zero-order chi connectivity index (χ0) is 12.1. The SMILES string of the molecule is CCC(CC)NCc1cc(C)c(C(=O)O)o1. The molecule has 0 aliphatic carbocycles. The van der Waals surface area contributed by atoms with Gasteiger partial charge in [-0.3, -0.25) is 0 Å². The maximum Gasteiger partial charge on any atom is 0.372 e. The zero-order valence-corrected chi connectivity index (χ0v) is 10.0. The minimum atomic E-state index is -1.01. The fourth-order valence-corrected chi connectivity index (χ4v) is 1.67. The van der Waals surface area contributed by atoms with Crippen LogP contribution in [0, 0.1) is 6.92 Å². The predicted octanol–water partition coefficient (Wildman–Crippen LogP) is 2.56. The first-order valence-electron chi connectivity index (χ1n) is 5.64. The molecule has 4 nitrogen and oxygen atoms in total. The molecular weight excluding hydrogens is 206 g/mol. The summed E-state index contributed by atoms with van der Waals surface area (Å²) in [6.07, 6.45) is 2.12. The Hall–Kier alpha value is -1.29. The van der Waals surface area contributed by atoms with Gasteiger partial charge < -0.3 is 14.8 Å². The molecule has 1 heterocycles. The molecule has 0 aliphatic heterocycles. The molecule has 0 unspecified atom stereocenters. The van der Waals surface area contributed by atoms with Crippen LogP contribution in [0.3, 0.4) is 0 Å². The van der Waals surface area contributed by atoms with Gasteiger partial charge in [0, 0.05) is 11.6 Å². The van der Waals surface area contributed by atoms with E-state index in [-0.39, 0.29) is 5.76 Å². The van der Waals surface area contributed by atoms with Crippen LogP contribution in [0.1, 0.15) is 48.6 Å². The van der Waals surface area contributed by atoms with E-state index in [1.807, 2.05) is 0 Å². The minimum Gasteiger partial charge on any atom is -0.475 e. The number of hydrogen-bond donors (Lipinski definition) is 2. The summed E-state index contributed by atoms with van der Waals surface area (Å²) in [4.78, 5) is 10.8. The van der Waals surface area contributed by atoms with Gasteiger partial charge in [-0.2, -0.15) is 0 Å². The summed E-state index contributed by atoms with van der Waals surface area (Å²) in [7, 11) is 0. The van der Waals surface area contributed by atoms with Crippen LogP contribution in [-0.4, -0.2) is 17.1 Å². The lowest BCUT2D eigenvalue weighted by Gasteiger charge is -2.12. The van der Waals surface area contributed by atoms with Crippen LogP contribution in [0.15, 0.2) is 10.5 Å². The van der Waals surface area contributed by atoms with Gasteiger partial charge in [0.15, 0.2) is 0 Å². The number of carboxylic acid groups (broad SMARTS) is 1. The van der Waals surface area contributed by atoms with Crippen molar-refractivity contribution in [3.8, 4) is 0 Å². The number of carbonyl (C=O) groups is 1. The summed E-state index contributed by atoms with van der Waals surface area (Å²) in [6.45, 7) is 6.57. The van der Waals surface area contributed by atoms with E-state index in [0.29, 0.717) is 23.9 Å². The Kier molecular flexibility index (Phi) is 4.55. The molecule has 2 N–H and O–H groups in total. The second-order valence-electron chi connectivity index (χ2n) is 3.92. The van der Waals surface area contributed by atoms with E-state index in [2.05, 4.69) is 19.2 Å². The van der Waals surface area contributed by atoms with Crippen LogP contribution in [0.5, 0.6) is 0 Å². The monoisotopic (exact) mass is 225 g/mol. The van der Waals surface area contributed by atoms with Crippen molar-refractivity contribution in [3.63, 3.8) is 0 Å². The van der Waals surface area contributed by atoms with Crippen LogP contribution in [0.4, 0.5) is 0 Å². The van der Waals surface area contributed by atoms with Crippen molar-refractivity contribution in [2.24, 2.45) is 0 Å². The summed E-state index contributed by atoms with van der Waals surface area (Å²) in [5.41, 5.74) is 0.675. The van der Waals surface area contributed by atoms with E-state index in [4.69, 9.17) is 9.52 Å². The minimum absolute atomic E-state index is 0.0429. The number of rotatable bonds is 6. The molecular formula is C12H19NO3. The van der Waals surface area contributed by atoms with Gasteiger partial charge in [0.1, 0.15) is 5.76 Å². The Labute approximate surface area is 95.7 Å². The Morgan fingerprint density at radius 3 is 2.56 bits per heavy atom. The molecule has 0 saturated carbocycles. The van der Waals surface area contributed by atoms with Crippen LogP contribution in [0.25, 0.3) is 0 Å². The lowest BCUT2D eigenvalue weighted by atomic mass is 10.2. The first kappa shape index (κ1) is 12.8. The molecule has 90 valence electrons. The van der Waals surface area contributed by atoms with Crippen molar-refractivity contribution in [2.75, 3.05) is 0 Å². The fraction of sp³-hybridized carbons (Fsp3) is 0.583. The maximum atomic E-state index is 10.8. The highest BCUT2D eigenvalue weighted by Crippen LogP contribution is 2.14. The van der Waals surface area contributed by atoms with Crippen molar-refractivity contribution in [2.45, 2.75) is 46.2 Å². The third-order valence-corrected chi connectivity index (χ3v) is 2.71. The molecule has 0 aromatic carbocycles. The molecule has 1 rings (SSSR count). The Morgan fingerprint density at radius 1 is 1.50 bits per heavy atom. The Morgan fingerprint density at radius 2 is 2.12 bits per heavy atom. The van der Waals surface area contributed by atoms with E-state index < -0.39 is 5.97 Å². The molecule has 1 aromatic rings. The van der Waals surface area contributed by atoms with E-state index in [1.165, 1.54) is 0 Å². The van der Waals surface area contributed by atoms with Gasteiger partial charge in [-0.05, 0) is 25.8 Å². The van der Waals surface area contributed by atoms with Gasteiger partial charge in [-0.1, -0.05) is 13.8 Å². The van der Waals surface area contributed by atoms with Crippen molar-refractivity contribution in [1.82, 2.24) is 5.32 Å². The molecule has 1 aromatic heterocycles. The number of hydrogen-bond acceptors (Lipinski definition) is 3. The van der Waals surface area contributed by atoms with Crippen molar-refractivity contribution < 1.29 is 14.3 Å². The zero-order valence-electron chi connectivity index (χ0n) is 10.0. The number of aromatic carboxylic acids is 1. The van der Waals surface area contributed by atoms with E-state index in [9.17, 15) is 4.79 Å². The van der Waals surface area contributed by atoms with Gasteiger partial charge in [-0.15, -0.1) is 0 Å². The topological polar surface area (TPSA) is 62.5 Å². The molecule has 0 saturated heterocycles. The van der Waals surface area contributed by atoms with Gasteiger partial charge in [0.25, 0.3) is 0 Å². The van der Waals surface area contributed by atoms with Crippen LogP contribution in [-0.2, 0) is 6.54 Å². The fourth-order valence-electron chi connectivity index (χ4n) is 1.67. The summed E-state index contributed by atoms with van der Waals surface area (Å²) in [5.74, 6) is -0.283. The largest absolute Gasteiger partial charge is 0.475 e. The molecule has 0 bridgehead atoms. The predicted molar refractivity (Wildman–Crippen MR) is 61.6 cm³/mol. The van der Waals surface area contributed by atoms with E-state index >= 15 is 0 Å². The molecule has 4 heteroatoms. The van der Waals surface area contributed by atoms with Gasteiger partial charge >= 0.3 is 5.97 Å². The van der Waals surface area contributed by atoms with E-state index in [1.54, 1.807) is 13.0 Å². The molecule has 0 radical (unpaired) electrons. The highest BCUT2D eigenvalue weighted by atomic mass is 16.4. The maximum absolute atomic E-state index is 10.8. The summed E-state index contributed by atoms with van der Waals surface area (Å²) in [5, 5.41) is 12.2. The van der Waals surface area contributed by atoms with Crippen LogP contribution >= 0.6 is 0 Å². The summed E-state index contributed by atoms with van der Waals surface area (Å²) in [6, 6.07) is 2.23. The molecule has 0 fully saturated rings. The summed E-state index contributed by atoms with van der Waals surface area (Å²) < 4.78 is 5.25. The van der Waals surface area contributed by atoms with Gasteiger partial charge in [0.05, 0.1) is 6.54 Å². The van der Waals surface area contributed by atoms with Crippen LogP contribution in [0.2, 0.25) is 0 Å². The van der Waals surface area contributed by atoms with Crippen LogP contribution < -0.4 is 5.32 Å². The quantitative estimate of drug-likeness (QED) is 0.781. The second-order valence-corrected chi connectivity index (χ2v) is 3.92. The third kappa shape index (κ3) is 3.10. The third-order valence-electron chi connectivity index (χ3n) is 2.71. The number of carboxylic acids is 1. The number of nitrogens with one attached hydrogen (secondary N) is 1. The smallest absolute Gasteiger partial charge is 0.372 e. The van der Waals surface area contributed by atoms with E-state index in [0.717, 1.165) is 12.8 Å². The Balaban J connectivity index is 2.61. The molecule has 0 spiro atoms. The van der Waals surface area contributed by atoms with Crippen molar-refractivity contribution in [3.05, 3.63) is 23.2 Å². The molecule has 0 aliphatic rings. The van der Waals surface area contributed by atoms with Crippen molar-refractivity contribution in [1.29, 1.82) is 0 Å².